The first-order valence-corrected chi connectivity index (χ1v) is 5.67. The maximum Gasteiger partial charge on any atom is 0.311 e. The molecule has 1 aromatic heterocycles. The Kier molecular flexibility index (Phi) is 3.50. The quantitative estimate of drug-likeness (QED) is 0.786. The summed E-state index contributed by atoms with van der Waals surface area (Å²) in [5.74, 6) is -0.332. The van der Waals surface area contributed by atoms with Crippen molar-refractivity contribution in [3.63, 3.8) is 0 Å². The van der Waals surface area contributed by atoms with E-state index < -0.39 is 0 Å². The number of ether oxygens (including phenoxy) is 1. The van der Waals surface area contributed by atoms with Gasteiger partial charge in [0.05, 0.1) is 29.8 Å². The Morgan fingerprint density at radius 1 is 1.35 bits per heavy atom. The summed E-state index contributed by atoms with van der Waals surface area (Å²) in [4.78, 5) is 15.5. The monoisotopic (exact) mass is 269 g/mol. The zero-order valence-electron chi connectivity index (χ0n) is 9.04. The van der Waals surface area contributed by atoms with Gasteiger partial charge >= 0.3 is 5.97 Å². The number of hydrogen-bond donors (Lipinski definition) is 0. The van der Waals surface area contributed by atoms with Crippen molar-refractivity contribution in [1.82, 2.24) is 4.98 Å². The van der Waals surface area contributed by atoms with Gasteiger partial charge in [-0.05, 0) is 18.2 Å². The van der Waals surface area contributed by atoms with Gasteiger partial charge in [-0.25, -0.2) is 0 Å². The van der Waals surface area contributed by atoms with Crippen LogP contribution in [0.25, 0.3) is 10.9 Å². The summed E-state index contributed by atoms with van der Waals surface area (Å²) < 4.78 is 4.58. The van der Waals surface area contributed by atoms with Crippen LogP contribution >= 0.6 is 23.2 Å². The summed E-state index contributed by atoms with van der Waals surface area (Å²) in [6.45, 7) is 0. The minimum absolute atomic E-state index is 0.130. The first-order valence-electron chi connectivity index (χ1n) is 4.91. The smallest absolute Gasteiger partial charge is 0.311 e. The molecule has 0 spiro atoms. The van der Waals surface area contributed by atoms with Crippen molar-refractivity contribution in [1.29, 1.82) is 0 Å². The zero-order chi connectivity index (χ0) is 12.4. The van der Waals surface area contributed by atoms with Crippen LogP contribution in [0, 0.1) is 0 Å². The highest BCUT2D eigenvalue weighted by molar-refractivity contribution is 6.38. The SMILES string of the molecule is COC(=O)Cc1ccc2cc(Cl)cc(Cl)c2n1. The van der Waals surface area contributed by atoms with Gasteiger partial charge in [0.25, 0.3) is 0 Å². The average Bonchev–Trinajstić information content (AvgIpc) is 2.29. The summed E-state index contributed by atoms with van der Waals surface area (Å²) in [5.41, 5.74) is 1.26. The molecule has 2 rings (SSSR count). The lowest BCUT2D eigenvalue weighted by Crippen LogP contribution is -2.06. The van der Waals surface area contributed by atoms with E-state index in [0.717, 1.165) is 5.39 Å². The van der Waals surface area contributed by atoms with Gasteiger partial charge in [0.1, 0.15) is 0 Å². The summed E-state index contributed by atoms with van der Waals surface area (Å²) in [6, 6.07) is 6.99. The van der Waals surface area contributed by atoms with Crippen molar-refractivity contribution < 1.29 is 9.53 Å². The minimum atomic E-state index is -0.332. The van der Waals surface area contributed by atoms with E-state index in [1.807, 2.05) is 6.07 Å². The Morgan fingerprint density at radius 2 is 2.12 bits per heavy atom. The third kappa shape index (κ3) is 2.68. The summed E-state index contributed by atoms with van der Waals surface area (Å²) in [5, 5.41) is 1.88. The summed E-state index contributed by atoms with van der Waals surface area (Å²) >= 11 is 11.9. The Morgan fingerprint density at radius 3 is 2.82 bits per heavy atom. The molecule has 17 heavy (non-hydrogen) atoms. The van der Waals surface area contributed by atoms with Crippen LogP contribution in [0.5, 0.6) is 0 Å². The fraction of sp³-hybridized carbons (Fsp3) is 0.167. The second-order valence-corrected chi connectivity index (χ2v) is 4.36. The van der Waals surface area contributed by atoms with E-state index in [-0.39, 0.29) is 12.4 Å². The number of hydrogen-bond acceptors (Lipinski definition) is 3. The van der Waals surface area contributed by atoms with Gasteiger partial charge in [-0.1, -0.05) is 29.3 Å². The number of carbonyl (C=O) groups is 1. The van der Waals surface area contributed by atoms with Crippen molar-refractivity contribution >= 4 is 40.1 Å². The number of nitrogens with zero attached hydrogens (tertiary/aromatic N) is 1. The molecule has 0 saturated carbocycles. The molecule has 2 aromatic rings. The molecule has 0 unspecified atom stereocenters. The molecule has 3 nitrogen and oxygen atoms in total. The molecule has 0 saturated heterocycles. The molecule has 0 aliphatic carbocycles. The highest BCUT2D eigenvalue weighted by Gasteiger charge is 2.08. The normalized spacial score (nSPS) is 10.5. The molecule has 1 aromatic carbocycles. The van der Waals surface area contributed by atoms with Gasteiger partial charge in [-0.3, -0.25) is 9.78 Å². The number of aromatic nitrogens is 1. The van der Waals surface area contributed by atoms with Crippen LogP contribution in [0.3, 0.4) is 0 Å². The zero-order valence-corrected chi connectivity index (χ0v) is 10.5. The Labute approximate surface area is 108 Å². The third-order valence-corrected chi connectivity index (χ3v) is 2.83. The number of benzene rings is 1. The molecule has 0 fully saturated rings. The predicted octanol–water partition coefficient (Wildman–Crippen LogP) is 3.26. The van der Waals surface area contributed by atoms with Crippen LogP contribution < -0.4 is 0 Å². The average molecular weight is 270 g/mol. The third-order valence-electron chi connectivity index (χ3n) is 2.32. The topological polar surface area (TPSA) is 39.2 Å². The van der Waals surface area contributed by atoms with Crippen LogP contribution in [-0.4, -0.2) is 18.1 Å². The maximum atomic E-state index is 11.1. The van der Waals surface area contributed by atoms with E-state index in [1.54, 1.807) is 18.2 Å². The fourth-order valence-electron chi connectivity index (χ4n) is 1.52. The van der Waals surface area contributed by atoms with Gasteiger partial charge in [0.15, 0.2) is 0 Å². The molecule has 5 heteroatoms. The molecule has 0 atom stereocenters. The molecule has 0 radical (unpaired) electrons. The van der Waals surface area contributed by atoms with Crippen molar-refractivity contribution in [3.8, 4) is 0 Å². The fourth-order valence-corrected chi connectivity index (χ4v) is 2.07. The lowest BCUT2D eigenvalue weighted by Gasteiger charge is -2.04. The summed E-state index contributed by atoms with van der Waals surface area (Å²) in [7, 11) is 1.34. The Balaban J connectivity index is 2.47. The number of pyridine rings is 1. The van der Waals surface area contributed by atoms with Gasteiger partial charge in [-0.15, -0.1) is 0 Å². The van der Waals surface area contributed by atoms with Crippen LogP contribution in [0.4, 0.5) is 0 Å². The number of fused-ring (bicyclic) bond motifs is 1. The second-order valence-electron chi connectivity index (χ2n) is 3.51. The largest absolute Gasteiger partial charge is 0.469 e. The predicted molar refractivity (Wildman–Crippen MR) is 67.5 cm³/mol. The first-order chi connectivity index (χ1) is 8.10. The molecule has 0 N–H and O–H groups in total. The molecular weight excluding hydrogens is 261 g/mol. The highest BCUT2D eigenvalue weighted by atomic mass is 35.5. The van der Waals surface area contributed by atoms with Crippen LogP contribution in [0.1, 0.15) is 5.69 Å². The van der Waals surface area contributed by atoms with Crippen molar-refractivity contribution in [2.45, 2.75) is 6.42 Å². The molecule has 0 aliphatic rings. The van der Waals surface area contributed by atoms with Crippen LogP contribution in [-0.2, 0) is 16.0 Å². The molecule has 1 heterocycles. The van der Waals surface area contributed by atoms with Crippen molar-refractivity contribution in [2.75, 3.05) is 7.11 Å². The Hall–Kier alpha value is -1.32. The van der Waals surface area contributed by atoms with E-state index in [4.69, 9.17) is 23.2 Å². The van der Waals surface area contributed by atoms with E-state index in [0.29, 0.717) is 21.3 Å². The molecule has 0 aliphatic heterocycles. The standard InChI is InChI=1S/C12H9Cl2NO2/c1-17-11(16)6-9-3-2-7-4-8(13)5-10(14)12(7)15-9/h2-5H,6H2,1H3. The lowest BCUT2D eigenvalue weighted by molar-refractivity contribution is -0.139. The van der Waals surface area contributed by atoms with E-state index in [1.165, 1.54) is 7.11 Å². The molecule has 0 bridgehead atoms. The van der Waals surface area contributed by atoms with Crippen molar-refractivity contribution in [2.24, 2.45) is 0 Å². The highest BCUT2D eigenvalue weighted by Crippen LogP contribution is 2.26. The van der Waals surface area contributed by atoms with E-state index >= 15 is 0 Å². The van der Waals surface area contributed by atoms with Crippen LogP contribution in [0.2, 0.25) is 10.0 Å². The summed E-state index contributed by atoms with van der Waals surface area (Å²) in [6.07, 6.45) is 0.130. The van der Waals surface area contributed by atoms with Gasteiger partial charge in [0, 0.05) is 10.4 Å². The van der Waals surface area contributed by atoms with Gasteiger partial charge < -0.3 is 4.74 Å². The van der Waals surface area contributed by atoms with Crippen LogP contribution in [0.15, 0.2) is 24.3 Å². The number of rotatable bonds is 2. The number of methoxy groups -OCH3 is 1. The maximum absolute atomic E-state index is 11.1. The number of carbonyl (C=O) groups excluding carboxylic acids is 1. The first kappa shape index (κ1) is 12.1. The van der Waals surface area contributed by atoms with Crippen molar-refractivity contribution in [3.05, 3.63) is 40.0 Å². The number of esters is 1. The number of halogens is 2. The lowest BCUT2D eigenvalue weighted by atomic mass is 10.2. The van der Waals surface area contributed by atoms with Gasteiger partial charge in [-0.2, -0.15) is 0 Å². The van der Waals surface area contributed by atoms with E-state index in [2.05, 4.69) is 9.72 Å². The van der Waals surface area contributed by atoms with E-state index in [9.17, 15) is 4.79 Å². The molecule has 88 valence electrons. The molecule has 0 amide bonds. The Bertz CT molecular complexity index is 584. The van der Waals surface area contributed by atoms with Gasteiger partial charge in [0.2, 0.25) is 0 Å². The molecular formula is C12H9Cl2NO2. The second kappa shape index (κ2) is 4.90. The minimum Gasteiger partial charge on any atom is -0.469 e.